The van der Waals surface area contributed by atoms with Crippen LogP contribution in [0.15, 0.2) is 65.8 Å². The number of hydrogen-bond donors (Lipinski definition) is 1. The quantitative estimate of drug-likeness (QED) is 0.526. The van der Waals surface area contributed by atoms with Crippen LogP contribution < -0.4 is 5.32 Å². The van der Waals surface area contributed by atoms with Gasteiger partial charge >= 0.3 is 6.03 Å². The molecule has 1 atom stereocenters. The molecule has 0 radical (unpaired) electrons. The highest BCUT2D eigenvalue weighted by molar-refractivity contribution is 6.07. The van der Waals surface area contributed by atoms with Crippen molar-refractivity contribution in [2.45, 2.75) is 32.9 Å². The molecule has 3 amide bonds. The molecule has 0 aliphatic carbocycles. The molecule has 0 unspecified atom stereocenters. The first-order valence-corrected chi connectivity index (χ1v) is 9.74. The maximum absolute atomic E-state index is 13.0. The third kappa shape index (κ3) is 3.39. The molecule has 1 aliphatic heterocycles. The van der Waals surface area contributed by atoms with Crippen molar-refractivity contribution < 1.29 is 9.59 Å². The van der Waals surface area contributed by atoms with Crippen molar-refractivity contribution in [2.24, 2.45) is 5.10 Å². The first-order chi connectivity index (χ1) is 14.4. The fourth-order valence-corrected chi connectivity index (χ4v) is 3.62. The molecule has 152 valence electrons. The minimum absolute atomic E-state index is 0.415. The third-order valence-electron chi connectivity index (χ3n) is 5.44. The van der Waals surface area contributed by atoms with E-state index in [2.05, 4.69) is 15.5 Å². The Labute approximate surface area is 175 Å². The van der Waals surface area contributed by atoms with Crippen LogP contribution in [-0.4, -0.2) is 32.9 Å². The van der Waals surface area contributed by atoms with Crippen LogP contribution in [0.3, 0.4) is 0 Å². The van der Waals surface area contributed by atoms with E-state index in [0.29, 0.717) is 12.1 Å². The van der Waals surface area contributed by atoms with Gasteiger partial charge in [0.15, 0.2) is 0 Å². The molecule has 4 rings (SSSR count). The number of hydrogen-bond acceptors (Lipinski definition) is 4. The number of nitrogens with zero attached hydrogens (tertiary/aromatic N) is 4. The Morgan fingerprint density at radius 1 is 1.03 bits per heavy atom. The highest BCUT2D eigenvalue weighted by Crippen LogP contribution is 2.28. The van der Waals surface area contributed by atoms with Crippen LogP contribution in [0.2, 0.25) is 0 Å². The van der Waals surface area contributed by atoms with Gasteiger partial charge in [0.25, 0.3) is 5.91 Å². The minimum atomic E-state index is -1.14. The Bertz CT molecular complexity index is 1120. The lowest BCUT2D eigenvalue weighted by molar-refractivity contribution is -0.131. The summed E-state index contributed by atoms with van der Waals surface area (Å²) in [5, 5.41) is 12.4. The van der Waals surface area contributed by atoms with E-state index in [1.165, 1.54) is 6.21 Å². The average Bonchev–Trinajstić information content (AvgIpc) is 3.14. The van der Waals surface area contributed by atoms with Gasteiger partial charge in [-0.3, -0.25) is 9.48 Å². The lowest BCUT2D eigenvalue weighted by Crippen LogP contribution is -2.40. The Morgan fingerprint density at radius 2 is 1.67 bits per heavy atom. The average molecular weight is 401 g/mol. The monoisotopic (exact) mass is 401 g/mol. The predicted molar refractivity (Wildman–Crippen MR) is 114 cm³/mol. The molecular weight excluding hydrogens is 378 g/mol. The van der Waals surface area contributed by atoms with Gasteiger partial charge in [-0.2, -0.15) is 10.2 Å². The number of rotatable bonds is 5. The first kappa shape index (κ1) is 19.6. The highest BCUT2D eigenvalue weighted by atomic mass is 16.2. The minimum Gasteiger partial charge on any atom is -0.318 e. The largest absolute Gasteiger partial charge is 0.346 e. The highest BCUT2D eigenvalue weighted by Gasteiger charge is 2.49. The van der Waals surface area contributed by atoms with Crippen LogP contribution in [-0.2, 0) is 16.9 Å². The molecule has 7 nitrogen and oxygen atoms in total. The second kappa shape index (κ2) is 7.59. The van der Waals surface area contributed by atoms with Gasteiger partial charge in [0.05, 0.1) is 18.5 Å². The maximum Gasteiger partial charge on any atom is 0.346 e. The lowest BCUT2D eigenvalue weighted by Gasteiger charge is -2.20. The molecule has 0 saturated carbocycles. The molecule has 0 bridgehead atoms. The molecule has 2 heterocycles. The third-order valence-corrected chi connectivity index (χ3v) is 5.44. The molecule has 30 heavy (non-hydrogen) atoms. The van der Waals surface area contributed by atoms with Gasteiger partial charge in [0.2, 0.25) is 0 Å². The second-order valence-electron chi connectivity index (χ2n) is 7.51. The Morgan fingerprint density at radius 3 is 2.33 bits per heavy atom. The van der Waals surface area contributed by atoms with Crippen LogP contribution in [0.4, 0.5) is 4.79 Å². The smallest absolute Gasteiger partial charge is 0.318 e. The van der Waals surface area contributed by atoms with E-state index in [4.69, 9.17) is 0 Å². The molecule has 2 aromatic carbocycles. The number of benzene rings is 2. The van der Waals surface area contributed by atoms with Crippen molar-refractivity contribution >= 4 is 18.2 Å². The van der Waals surface area contributed by atoms with Gasteiger partial charge < -0.3 is 5.32 Å². The second-order valence-corrected chi connectivity index (χ2v) is 7.51. The van der Waals surface area contributed by atoms with Crippen LogP contribution in [0.1, 0.15) is 35.0 Å². The van der Waals surface area contributed by atoms with Crippen molar-refractivity contribution in [1.82, 2.24) is 20.1 Å². The number of imide groups is 1. The number of carbonyl (C=O) groups is 2. The van der Waals surface area contributed by atoms with Gasteiger partial charge in [-0.1, -0.05) is 60.7 Å². The van der Waals surface area contributed by atoms with E-state index >= 15 is 0 Å². The fourth-order valence-electron chi connectivity index (χ4n) is 3.62. The number of urea groups is 1. The van der Waals surface area contributed by atoms with Crippen molar-refractivity contribution in [3.05, 3.63) is 88.7 Å². The number of aryl methyl sites for hydroxylation is 1. The normalized spacial score (nSPS) is 19.0. The van der Waals surface area contributed by atoms with E-state index in [-0.39, 0.29) is 0 Å². The molecule has 1 aliphatic rings. The standard InChI is InChI=1S/C23H23N5O2/c1-16-20(17(2)27(26-16)15-18-10-6-4-7-11-18)14-24-28-21(29)23(3,25-22(28)30)19-12-8-5-9-13-19/h4-14H,15H2,1-3H3,(H,25,30)/t23-/m0/s1. The van der Waals surface area contributed by atoms with Gasteiger partial charge in [0, 0.05) is 11.3 Å². The zero-order valence-electron chi connectivity index (χ0n) is 17.2. The summed E-state index contributed by atoms with van der Waals surface area (Å²) in [6.07, 6.45) is 1.54. The molecule has 1 fully saturated rings. The van der Waals surface area contributed by atoms with Gasteiger partial charge in [-0.15, -0.1) is 5.01 Å². The van der Waals surface area contributed by atoms with Crippen LogP contribution >= 0.6 is 0 Å². The van der Waals surface area contributed by atoms with E-state index < -0.39 is 17.5 Å². The summed E-state index contributed by atoms with van der Waals surface area (Å²) < 4.78 is 1.89. The molecule has 1 aromatic heterocycles. The topological polar surface area (TPSA) is 79.6 Å². The van der Waals surface area contributed by atoms with Crippen LogP contribution in [0.25, 0.3) is 0 Å². The summed E-state index contributed by atoms with van der Waals surface area (Å²) >= 11 is 0. The molecule has 7 heteroatoms. The van der Waals surface area contributed by atoms with Gasteiger partial charge in [-0.05, 0) is 31.9 Å². The summed E-state index contributed by atoms with van der Waals surface area (Å²) in [4.78, 5) is 25.5. The van der Waals surface area contributed by atoms with Crippen LogP contribution in [0, 0.1) is 13.8 Å². The summed E-state index contributed by atoms with van der Waals surface area (Å²) in [5.74, 6) is -0.415. The number of nitrogens with one attached hydrogen (secondary N) is 1. The van der Waals surface area contributed by atoms with E-state index in [9.17, 15) is 9.59 Å². The van der Waals surface area contributed by atoms with Crippen molar-refractivity contribution in [3.8, 4) is 0 Å². The number of amides is 3. The SMILES string of the molecule is Cc1nn(Cc2ccccc2)c(C)c1C=NN1C(=O)N[C@@](C)(c2ccccc2)C1=O. The van der Waals surface area contributed by atoms with Gasteiger partial charge in [-0.25, -0.2) is 4.79 Å². The van der Waals surface area contributed by atoms with E-state index in [1.54, 1.807) is 6.92 Å². The van der Waals surface area contributed by atoms with Crippen LogP contribution in [0.5, 0.6) is 0 Å². The molecule has 1 saturated heterocycles. The molecule has 1 N–H and O–H groups in total. The summed E-state index contributed by atoms with van der Waals surface area (Å²) in [5.41, 5.74) is 3.20. The van der Waals surface area contributed by atoms with Gasteiger partial charge in [0.1, 0.15) is 5.54 Å². The zero-order chi connectivity index (χ0) is 21.3. The zero-order valence-corrected chi connectivity index (χ0v) is 17.2. The fraction of sp³-hybridized carbons (Fsp3) is 0.217. The maximum atomic E-state index is 13.0. The summed E-state index contributed by atoms with van der Waals surface area (Å²) in [7, 11) is 0. The first-order valence-electron chi connectivity index (χ1n) is 9.74. The molecular formula is C23H23N5O2. The number of carbonyl (C=O) groups excluding carboxylic acids is 2. The lowest BCUT2D eigenvalue weighted by atomic mass is 9.92. The van der Waals surface area contributed by atoms with Crippen molar-refractivity contribution in [3.63, 3.8) is 0 Å². The van der Waals surface area contributed by atoms with E-state index in [0.717, 1.165) is 27.5 Å². The Balaban J connectivity index is 1.58. The summed E-state index contributed by atoms with van der Waals surface area (Å²) in [6.45, 7) is 6.16. The van der Waals surface area contributed by atoms with Crippen molar-refractivity contribution in [1.29, 1.82) is 0 Å². The number of hydrazone groups is 1. The summed E-state index contributed by atoms with van der Waals surface area (Å²) in [6, 6.07) is 18.7. The number of aromatic nitrogens is 2. The Hall–Kier alpha value is -3.74. The molecule has 3 aromatic rings. The Kier molecular flexibility index (Phi) is 4.95. The molecule has 0 spiro atoms. The predicted octanol–water partition coefficient (Wildman–Crippen LogP) is 3.35. The van der Waals surface area contributed by atoms with Crippen molar-refractivity contribution in [2.75, 3.05) is 0 Å². The van der Waals surface area contributed by atoms with E-state index in [1.807, 2.05) is 79.2 Å².